The predicted molar refractivity (Wildman–Crippen MR) is 93.9 cm³/mol. The highest BCUT2D eigenvalue weighted by molar-refractivity contribution is 5.02. The molecule has 0 amide bonds. The van der Waals surface area contributed by atoms with Crippen LogP contribution in [-0.2, 0) is 13.0 Å². The number of aryl methyl sites for hydroxylation is 1. The molecule has 0 aromatic carbocycles. The van der Waals surface area contributed by atoms with Crippen molar-refractivity contribution in [3.8, 4) is 0 Å². The zero-order valence-electron chi connectivity index (χ0n) is 15.1. The van der Waals surface area contributed by atoms with Crippen LogP contribution in [-0.4, -0.2) is 32.7 Å². The fourth-order valence-corrected chi connectivity index (χ4v) is 3.53. The van der Waals surface area contributed by atoms with Crippen LogP contribution >= 0.6 is 0 Å². The van der Waals surface area contributed by atoms with Gasteiger partial charge in [-0.05, 0) is 44.4 Å². The third-order valence-corrected chi connectivity index (χ3v) is 4.96. The van der Waals surface area contributed by atoms with E-state index in [2.05, 4.69) is 22.0 Å². The van der Waals surface area contributed by atoms with E-state index in [-0.39, 0.29) is 0 Å². The molecule has 1 saturated heterocycles. The maximum Gasteiger partial charge on any atom is 0.226 e. The van der Waals surface area contributed by atoms with Crippen LogP contribution in [0.5, 0.6) is 0 Å². The first-order chi connectivity index (χ1) is 12.3. The summed E-state index contributed by atoms with van der Waals surface area (Å²) in [6, 6.07) is 3.96. The van der Waals surface area contributed by atoms with E-state index in [9.17, 15) is 5.11 Å². The zero-order valence-corrected chi connectivity index (χ0v) is 15.1. The zero-order chi connectivity index (χ0) is 17.5. The molecule has 2 aromatic heterocycles. The van der Waals surface area contributed by atoms with E-state index in [0.717, 1.165) is 43.9 Å². The number of furan rings is 1. The highest BCUT2D eigenvalue weighted by atomic mass is 16.5. The number of aliphatic hydroxyl groups is 1. The van der Waals surface area contributed by atoms with Crippen LogP contribution < -0.4 is 0 Å². The average molecular weight is 347 g/mol. The van der Waals surface area contributed by atoms with E-state index in [0.29, 0.717) is 24.8 Å². The summed E-state index contributed by atoms with van der Waals surface area (Å²) >= 11 is 0. The van der Waals surface area contributed by atoms with Gasteiger partial charge in [0.25, 0.3) is 0 Å². The van der Waals surface area contributed by atoms with Gasteiger partial charge in [-0.25, -0.2) is 0 Å². The van der Waals surface area contributed by atoms with Gasteiger partial charge in [-0.15, -0.1) is 0 Å². The van der Waals surface area contributed by atoms with Crippen LogP contribution in [0.25, 0.3) is 0 Å². The molecule has 1 fully saturated rings. The molecule has 3 rings (SSSR count). The first-order valence-electron chi connectivity index (χ1n) is 9.53. The Morgan fingerprint density at radius 2 is 2.28 bits per heavy atom. The predicted octanol–water partition coefficient (Wildman–Crippen LogP) is 3.87. The van der Waals surface area contributed by atoms with Gasteiger partial charge in [0.2, 0.25) is 5.89 Å². The van der Waals surface area contributed by atoms with Crippen molar-refractivity contribution in [3.05, 3.63) is 35.9 Å². The van der Waals surface area contributed by atoms with Crippen molar-refractivity contribution in [2.75, 3.05) is 6.54 Å². The normalized spacial score (nSPS) is 20.5. The molecular formula is C19H29N3O3. The molecule has 2 atom stereocenters. The van der Waals surface area contributed by atoms with Crippen LogP contribution in [0.3, 0.4) is 0 Å². The quantitative estimate of drug-likeness (QED) is 0.781. The Hall–Kier alpha value is -1.66. The van der Waals surface area contributed by atoms with Gasteiger partial charge in [0.15, 0.2) is 5.82 Å². The summed E-state index contributed by atoms with van der Waals surface area (Å²) in [6.45, 7) is 3.85. The van der Waals surface area contributed by atoms with Crippen molar-refractivity contribution in [2.45, 2.75) is 77.0 Å². The first kappa shape index (κ1) is 18.1. The molecule has 3 heterocycles. The molecule has 0 radical (unpaired) electrons. The van der Waals surface area contributed by atoms with Crippen LogP contribution in [0.15, 0.2) is 27.3 Å². The Kier molecular flexibility index (Phi) is 6.64. The Morgan fingerprint density at radius 3 is 3.08 bits per heavy atom. The molecule has 0 aliphatic carbocycles. The number of hydrogen-bond donors (Lipinski definition) is 1. The summed E-state index contributed by atoms with van der Waals surface area (Å²) in [5.74, 6) is 2.13. The topological polar surface area (TPSA) is 75.5 Å². The highest BCUT2D eigenvalue weighted by Gasteiger charge is 2.26. The number of rotatable bonds is 8. The van der Waals surface area contributed by atoms with Gasteiger partial charge in [-0.3, -0.25) is 4.90 Å². The Balaban J connectivity index is 1.62. The summed E-state index contributed by atoms with van der Waals surface area (Å²) < 4.78 is 10.7. The smallest absolute Gasteiger partial charge is 0.226 e. The number of likely N-dealkylation sites (tertiary alicyclic amines) is 1. The van der Waals surface area contributed by atoms with E-state index in [4.69, 9.17) is 8.94 Å². The molecule has 2 aromatic rings. The molecule has 0 bridgehead atoms. The number of unbranched alkanes of at least 4 members (excludes halogenated alkanes) is 1. The lowest BCUT2D eigenvalue weighted by atomic mass is 10.0. The van der Waals surface area contributed by atoms with E-state index in [1.165, 1.54) is 19.3 Å². The van der Waals surface area contributed by atoms with Crippen molar-refractivity contribution in [3.63, 3.8) is 0 Å². The lowest BCUT2D eigenvalue weighted by molar-refractivity contribution is 0.0815. The standard InChI is InChI=1S/C19H29N3O3/c1-2-3-10-19-20-18(21-25-19)14-22-11-6-4-5-8-15(22)13-16(23)17-9-7-12-24-17/h7,9,12,15-16,23H,2-6,8,10-11,13-14H2,1H3. The first-order valence-corrected chi connectivity index (χ1v) is 9.53. The second kappa shape index (κ2) is 9.15. The number of hydrogen-bond acceptors (Lipinski definition) is 6. The summed E-state index contributed by atoms with van der Waals surface area (Å²) in [5, 5.41) is 14.6. The molecule has 0 saturated carbocycles. The fraction of sp³-hybridized carbons (Fsp3) is 0.684. The largest absolute Gasteiger partial charge is 0.467 e. The van der Waals surface area contributed by atoms with Gasteiger partial charge >= 0.3 is 0 Å². The van der Waals surface area contributed by atoms with Crippen LogP contribution in [0.2, 0.25) is 0 Å². The SMILES string of the molecule is CCCCc1nc(CN2CCCCCC2CC(O)c2ccco2)no1. The minimum Gasteiger partial charge on any atom is -0.467 e. The van der Waals surface area contributed by atoms with Crippen molar-refractivity contribution < 1.29 is 14.0 Å². The number of aliphatic hydroxyl groups excluding tert-OH is 1. The monoisotopic (exact) mass is 347 g/mol. The maximum absolute atomic E-state index is 10.5. The van der Waals surface area contributed by atoms with Gasteiger partial charge in [-0.2, -0.15) is 4.98 Å². The molecule has 1 aliphatic heterocycles. The molecule has 138 valence electrons. The molecule has 0 spiro atoms. The average Bonchev–Trinajstić information content (AvgIpc) is 3.25. The van der Waals surface area contributed by atoms with Gasteiger partial charge in [0, 0.05) is 12.5 Å². The van der Waals surface area contributed by atoms with Crippen molar-refractivity contribution >= 4 is 0 Å². The van der Waals surface area contributed by atoms with Gasteiger partial charge in [0.05, 0.1) is 12.8 Å². The number of aromatic nitrogens is 2. The van der Waals surface area contributed by atoms with Crippen LogP contribution in [0.1, 0.15) is 75.4 Å². The highest BCUT2D eigenvalue weighted by Crippen LogP contribution is 2.27. The molecule has 2 unspecified atom stereocenters. The fourth-order valence-electron chi connectivity index (χ4n) is 3.53. The summed E-state index contributed by atoms with van der Waals surface area (Å²) in [7, 11) is 0. The molecule has 1 aliphatic rings. The van der Waals surface area contributed by atoms with Crippen LogP contribution in [0, 0.1) is 0 Å². The summed E-state index contributed by atoms with van der Waals surface area (Å²) in [6.07, 6.45) is 9.45. The lowest BCUT2D eigenvalue weighted by Gasteiger charge is -2.30. The second-order valence-corrected chi connectivity index (χ2v) is 6.95. The third-order valence-electron chi connectivity index (χ3n) is 4.96. The minimum atomic E-state index is -0.564. The summed E-state index contributed by atoms with van der Waals surface area (Å²) in [5.41, 5.74) is 0. The molecular weight excluding hydrogens is 318 g/mol. The Morgan fingerprint density at radius 1 is 1.36 bits per heavy atom. The van der Waals surface area contributed by atoms with Crippen LogP contribution in [0.4, 0.5) is 0 Å². The van der Waals surface area contributed by atoms with Gasteiger partial charge in [-0.1, -0.05) is 31.3 Å². The molecule has 6 nitrogen and oxygen atoms in total. The van der Waals surface area contributed by atoms with E-state index < -0.39 is 6.10 Å². The Labute approximate surface area is 149 Å². The van der Waals surface area contributed by atoms with Gasteiger partial charge < -0.3 is 14.0 Å². The number of nitrogens with zero attached hydrogens (tertiary/aromatic N) is 3. The van der Waals surface area contributed by atoms with Crippen molar-refractivity contribution in [1.29, 1.82) is 0 Å². The van der Waals surface area contributed by atoms with E-state index in [1.54, 1.807) is 6.26 Å². The summed E-state index contributed by atoms with van der Waals surface area (Å²) in [4.78, 5) is 6.93. The lowest BCUT2D eigenvalue weighted by Crippen LogP contribution is -2.36. The van der Waals surface area contributed by atoms with Crippen molar-refractivity contribution in [2.24, 2.45) is 0 Å². The maximum atomic E-state index is 10.5. The Bertz CT molecular complexity index is 611. The second-order valence-electron chi connectivity index (χ2n) is 6.95. The molecule has 1 N–H and O–H groups in total. The van der Waals surface area contributed by atoms with Crippen molar-refractivity contribution in [1.82, 2.24) is 15.0 Å². The molecule has 25 heavy (non-hydrogen) atoms. The third kappa shape index (κ3) is 5.16. The molecule has 6 heteroatoms. The van der Waals surface area contributed by atoms with E-state index >= 15 is 0 Å². The van der Waals surface area contributed by atoms with Gasteiger partial charge in [0.1, 0.15) is 11.9 Å². The van der Waals surface area contributed by atoms with E-state index in [1.807, 2.05) is 12.1 Å². The minimum absolute atomic E-state index is 0.306.